The molecule has 0 saturated carbocycles. The van der Waals surface area contributed by atoms with E-state index >= 15 is 0 Å². The van der Waals surface area contributed by atoms with Crippen molar-refractivity contribution in [3.63, 3.8) is 0 Å². The number of hydrogen-bond donors (Lipinski definition) is 0. The van der Waals surface area contributed by atoms with Crippen LogP contribution in [0, 0.1) is 12.7 Å². The normalized spacial score (nSPS) is 9.71. The van der Waals surface area contributed by atoms with Gasteiger partial charge in [-0.15, -0.1) is 0 Å². The van der Waals surface area contributed by atoms with E-state index in [1.807, 2.05) is 6.92 Å². The van der Waals surface area contributed by atoms with Gasteiger partial charge in [0, 0.05) is 6.07 Å². The summed E-state index contributed by atoms with van der Waals surface area (Å²) in [6.45, 7) is 6.09. The Morgan fingerprint density at radius 3 is 2.71 bits per heavy atom. The molecule has 0 fully saturated rings. The molecule has 2 aromatic rings. The van der Waals surface area contributed by atoms with Crippen molar-refractivity contribution in [1.29, 1.82) is 0 Å². The Labute approximate surface area is 82.6 Å². The highest BCUT2D eigenvalue weighted by Gasteiger charge is 1.98. The third-order valence-corrected chi connectivity index (χ3v) is 1.41. The highest BCUT2D eigenvalue weighted by Crippen LogP contribution is 2.03. The number of hydrogen-bond acceptors (Lipinski definition) is 2. The number of fused-ring (bicyclic) bond motifs is 1. The monoisotopic (exact) mass is 195 g/mol. The number of rotatable bonds is 0. The van der Waals surface area contributed by atoms with E-state index in [1.165, 1.54) is 12.5 Å². The lowest BCUT2D eigenvalue weighted by Crippen LogP contribution is -1.89. The largest absolute Gasteiger partial charge is 0.232 e. The van der Waals surface area contributed by atoms with E-state index in [1.54, 1.807) is 10.7 Å². The van der Waals surface area contributed by atoms with Crippen LogP contribution in [-0.2, 0) is 0 Å². The predicted molar refractivity (Wildman–Crippen MR) is 53.6 cm³/mol. The number of aryl methyl sites for hydroxylation is 1. The average molecular weight is 195 g/mol. The summed E-state index contributed by atoms with van der Waals surface area (Å²) in [6.07, 6.45) is 4.16. The van der Waals surface area contributed by atoms with Gasteiger partial charge in [0.1, 0.15) is 5.82 Å². The van der Waals surface area contributed by atoms with Crippen molar-refractivity contribution in [2.24, 2.45) is 0 Å². The van der Waals surface area contributed by atoms with Crippen LogP contribution in [0.15, 0.2) is 18.5 Å². The summed E-state index contributed by atoms with van der Waals surface area (Å²) < 4.78 is 14.1. The van der Waals surface area contributed by atoms with Gasteiger partial charge in [0.15, 0.2) is 5.65 Å². The molecule has 0 radical (unpaired) electrons. The van der Waals surface area contributed by atoms with Crippen LogP contribution in [0.4, 0.5) is 4.39 Å². The first-order valence-corrected chi connectivity index (χ1v) is 4.65. The fourth-order valence-electron chi connectivity index (χ4n) is 0.973. The van der Waals surface area contributed by atoms with Gasteiger partial charge in [-0.05, 0) is 6.92 Å². The fourth-order valence-corrected chi connectivity index (χ4v) is 0.973. The maximum absolute atomic E-state index is 12.5. The highest BCUT2D eigenvalue weighted by atomic mass is 19.1. The first-order chi connectivity index (χ1) is 6.67. The third-order valence-electron chi connectivity index (χ3n) is 1.41. The first kappa shape index (κ1) is 10.6. The van der Waals surface area contributed by atoms with Crippen molar-refractivity contribution in [2.45, 2.75) is 27.2 Å². The molecule has 0 spiro atoms. The van der Waals surface area contributed by atoms with Crippen molar-refractivity contribution in [2.75, 3.05) is 0 Å². The van der Waals surface area contributed by atoms with Crippen LogP contribution >= 0.6 is 0 Å². The van der Waals surface area contributed by atoms with Gasteiger partial charge >= 0.3 is 0 Å². The Bertz CT molecular complexity index is 409. The summed E-state index contributed by atoms with van der Waals surface area (Å²) in [5, 5.41) is 3.78. The van der Waals surface area contributed by atoms with Crippen LogP contribution in [0.1, 0.15) is 26.0 Å². The van der Waals surface area contributed by atoms with Gasteiger partial charge < -0.3 is 0 Å². The molecule has 0 N–H and O–H groups in total. The molecule has 0 bridgehead atoms. The standard InChI is InChI=1S/C7H6FN3.C3H8/c1-5-4-11-7(10-5)2-6(8)3-9-11;1-3-2/h2-4H,1H3;3H2,1-2H3. The first-order valence-electron chi connectivity index (χ1n) is 4.65. The second kappa shape index (κ2) is 4.69. The summed E-state index contributed by atoms with van der Waals surface area (Å²) in [7, 11) is 0. The maximum Gasteiger partial charge on any atom is 0.156 e. The third kappa shape index (κ3) is 2.52. The number of nitrogens with zero attached hydrogens (tertiary/aromatic N) is 3. The number of halogens is 1. The van der Waals surface area contributed by atoms with E-state index < -0.39 is 0 Å². The molecular weight excluding hydrogens is 181 g/mol. The summed E-state index contributed by atoms with van der Waals surface area (Å²) in [5.41, 5.74) is 1.38. The fraction of sp³-hybridized carbons (Fsp3) is 0.400. The van der Waals surface area contributed by atoms with Crippen LogP contribution in [-0.4, -0.2) is 14.6 Å². The van der Waals surface area contributed by atoms with Crippen LogP contribution in [0.25, 0.3) is 5.65 Å². The van der Waals surface area contributed by atoms with Gasteiger partial charge in [0.05, 0.1) is 18.1 Å². The smallest absolute Gasteiger partial charge is 0.156 e. The summed E-state index contributed by atoms with van der Waals surface area (Å²) in [6, 6.07) is 1.35. The molecule has 0 aliphatic heterocycles. The van der Waals surface area contributed by atoms with E-state index in [-0.39, 0.29) is 5.82 Å². The van der Waals surface area contributed by atoms with E-state index in [0.717, 1.165) is 11.9 Å². The molecule has 14 heavy (non-hydrogen) atoms. The van der Waals surface area contributed by atoms with Crippen molar-refractivity contribution >= 4 is 5.65 Å². The quantitative estimate of drug-likeness (QED) is 0.646. The SMILES string of the molecule is CCC.Cc1cn2ncc(F)cc2n1. The molecule has 3 nitrogen and oxygen atoms in total. The molecule has 4 heteroatoms. The lowest BCUT2D eigenvalue weighted by atomic mass is 10.5. The molecule has 76 valence electrons. The lowest BCUT2D eigenvalue weighted by molar-refractivity contribution is 0.614. The van der Waals surface area contributed by atoms with Crippen molar-refractivity contribution in [1.82, 2.24) is 14.6 Å². The zero-order valence-corrected chi connectivity index (χ0v) is 8.66. The van der Waals surface area contributed by atoms with Crippen molar-refractivity contribution < 1.29 is 4.39 Å². The van der Waals surface area contributed by atoms with Crippen LogP contribution in [0.2, 0.25) is 0 Å². The Morgan fingerprint density at radius 1 is 1.43 bits per heavy atom. The molecular formula is C10H14FN3. The molecule has 0 unspecified atom stereocenters. The molecule has 2 heterocycles. The molecule has 0 saturated heterocycles. The minimum Gasteiger partial charge on any atom is -0.232 e. The summed E-state index contributed by atoms with van der Waals surface area (Å²) >= 11 is 0. The van der Waals surface area contributed by atoms with E-state index in [2.05, 4.69) is 23.9 Å². The van der Waals surface area contributed by atoms with Gasteiger partial charge in [-0.25, -0.2) is 13.9 Å². The molecule has 0 aliphatic rings. The lowest BCUT2D eigenvalue weighted by Gasteiger charge is -1.88. The van der Waals surface area contributed by atoms with Gasteiger partial charge in [-0.3, -0.25) is 0 Å². The van der Waals surface area contributed by atoms with Gasteiger partial charge in [-0.1, -0.05) is 20.3 Å². The zero-order chi connectivity index (χ0) is 10.6. The van der Waals surface area contributed by atoms with Gasteiger partial charge in [0.2, 0.25) is 0 Å². The summed E-state index contributed by atoms with van der Waals surface area (Å²) in [4.78, 5) is 4.03. The Balaban J connectivity index is 0.000000293. The van der Waals surface area contributed by atoms with Crippen LogP contribution in [0.3, 0.4) is 0 Å². The van der Waals surface area contributed by atoms with Gasteiger partial charge in [0.25, 0.3) is 0 Å². The van der Waals surface area contributed by atoms with E-state index in [4.69, 9.17) is 0 Å². The predicted octanol–water partition coefficient (Wildman–Crippen LogP) is 2.59. The molecule has 0 atom stereocenters. The molecule has 0 aromatic carbocycles. The number of imidazole rings is 1. The minimum atomic E-state index is -0.358. The molecule has 2 aromatic heterocycles. The molecule has 0 amide bonds. The Hall–Kier alpha value is -1.45. The molecule has 2 rings (SSSR count). The Kier molecular flexibility index (Phi) is 3.56. The second-order valence-electron chi connectivity index (χ2n) is 3.07. The minimum absolute atomic E-state index is 0.358. The van der Waals surface area contributed by atoms with Crippen molar-refractivity contribution in [3.8, 4) is 0 Å². The maximum atomic E-state index is 12.5. The average Bonchev–Trinajstić information content (AvgIpc) is 2.45. The van der Waals surface area contributed by atoms with E-state index in [0.29, 0.717) is 5.65 Å². The molecule has 0 aliphatic carbocycles. The van der Waals surface area contributed by atoms with E-state index in [9.17, 15) is 4.39 Å². The van der Waals surface area contributed by atoms with Crippen LogP contribution < -0.4 is 0 Å². The topological polar surface area (TPSA) is 30.2 Å². The Morgan fingerprint density at radius 2 is 2.07 bits per heavy atom. The van der Waals surface area contributed by atoms with Crippen molar-refractivity contribution in [3.05, 3.63) is 30.0 Å². The summed E-state index contributed by atoms with van der Waals surface area (Å²) in [5.74, 6) is -0.358. The highest BCUT2D eigenvalue weighted by molar-refractivity contribution is 5.37. The van der Waals surface area contributed by atoms with Gasteiger partial charge in [-0.2, -0.15) is 5.10 Å². The number of aromatic nitrogens is 3. The van der Waals surface area contributed by atoms with Crippen LogP contribution in [0.5, 0.6) is 0 Å². The zero-order valence-electron chi connectivity index (χ0n) is 8.66. The second-order valence-corrected chi connectivity index (χ2v) is 3.07.